The van der Waals surface area contributed by atoms with Crippen LogP contribution < -0.4 is 5.32 Å². The number of hydrogen-bond acceptors (Lipinski definition) is 4. The second-order valence-corrected chi connectivity index (χ2v) is 10.2. The molecule has 1 aromatic rings. The van der Waals surface area contributed by atoms with E-state index in [1.165, 1.54) is 35.5 Å². The van der Waals surface area contributed by atoms with E-state index in [0.29, 0.717) is 24.8 Å². The van der Waals surface area contributed by atoms with Crippen LogP contribution in [0.4, 0.5) is 13.2 Å². The van der Waals surface area contributed by atoms with Gasteiger partial charge in [-0.15, -0.1) is 0 Å². The Balaban J connectivity index is 1.61. The first-order chi connectivity index (χ1) is 14.5. The number of nitrogens with zero attached hydrogens (tertiary/aromatic N) is 1. The van der Waals surface area contributed by atoms with Gasteiger partial charge in [0, 0.05) is 30.6 Å². The number of piperidine rings is 1. The number of alkyl halides is 3. The molecule has 31 heavy (non-hydrogen) atoms. The molecule has 0 aromatic heterocycles. The SMILES string of the molecule is CC(=O)c1cccc(S(=O)(=O)N2CCC(C(=O)NC3CCCCC3C(F)(F)F)CC2)c1. The minimum Gasteiger partial charge on any atom is -0.353 e. The topological polar surface area (TPSA) is 83.6 Å². The zero-order chi connectivity index (χ0) is 22.8. The molecule has 0 spiro atoms. The van der Waals surface area contributed by atoms with Crippen LogP contribution in [0.1, 0.15) is 55.8 Å². The zero-order valence-electron chi connectivity index (χ0n) is 17.3. The average Bonchev–Trinajstić information content (AvgIpc) is 2.73. The highest BCUT2D eigenvalue weighted by Gasteiger charge is 2.46. The Hall–Kier alpha value is -1.94. The Morgan fingerprint density at radius 2 is 1.71 bits per heavy atom. The van der Waals surface area contributed by atoms with Crippen molar-refractivity contribution in [2.75, 3.05) is 13.1 Å². The van der Waals surface area contributed by atoms with Crippen LogP contribution in [-0.2, 0) is 14.8 Å². The first-order valence-electron chi connectivity index (χ1n) is 10.5. The van der Waals surface area contributed by atoms with Crippen molar-refractivity contribution in [2.24, 2.45) is 11.8 Å². The average molecular weight is 461 g/mol. The van der Waals surface area contributed by atoms with Gasteiger partial charge in [0.25, 0.3) is 0 Å². The summed E-state index contributed by atoms with van der Waals surface area (Å²) in [6.07, 6.45) is -2.41. The normalized spacial score (nSPS) is 24.0. The van der Waals surface area contributed by atoms with Crippen molar-refractivity contribution >= 4 is 21.7 Å². The summed E-state index contributed by atoms with van der Waals surface area (Å²) in [7, 11) is -3.82. The van der Waals surface area contributed by atoms with Crippen molar-refractivity contribution in [2.45, 2.75) is 62.6 Å². The van der Waals surface area contributed by atoms with Crippen LogP contribution in [0.15, 0.2) is 29.2 Å². The minimum atomic E-state index is -4.34. The first-order valence-corrected chi connectivity index (χ1v) is 11.9. The summed E-state index contributed by atoms with van der Waals surface area (Å²) in [5.41, 5.74) is 0.294. The lowest BCUT2D eigenvalue weighted by Crippen LogP contribution is -2.51. The molecule has 2 unspecified atom stereocenters. The number of carbonyl (C=O) groups excluding carboxylic acids is 2. The number of rotatable bonds is 5. The van der Waals surface area contributed by atoms with Crippen LogP contribution in [-0.4, -0.2) is 49.7 Å². The molecule has 3 rings (SSSR count). The van der Waals surface area contributed by atoms with Gasteiger partial charge in [-0.1, -0.05) is 25.0 Å². The molecule has 1 N–H and O–H groups in total. The first kappa shape index (κ1) is 23.7. The number of nitrogens with one attached hydrogen (secondary N) is 1. The number of hydrogen-bond donors (Lipinski definition) is 1. The molecule has 0 radical (unpaired) electrons. The van der Waals surface area contributed by atoms with E-state index >= 15 is 0 Å². The number of Topliss-reactive ketones (excluding diaryl/α,β-unsaturated/α-hetero) is 1. The summed E-state index contributed by atoms with van der Waals surface area (Å²) in [6, 6.07) is 4.87. The van der Waals surface area contributed by atoms with E-state index in [9.17, 15) is 31.2 Å². The second-order valence-electron chi connectivity index (χ2n) is 8.31. The van der Waals surface area contributed by atoms with Gasteiger partial charge < -0.3 is 5.32 Å². The van der Waals surface area contributed by atoms with Gasteiger partial charge in [0.15, 0.2) is 5.78 Å². The zero-order valence-corrected chi connectivity index (χ0v) is 18.1. The predicted octanol–water partition coefficient (Wildman–Crippen LogP) is 3.53. The van der Waals surface area contributed by atoms with Crippen LogP contribution in [0.2, 0.25) is 0 Å². The number of ketones is 1. The third-order valence-electron chi connectivity index (χ3n) is 6.22. The molecule has 10 heteroatoms. The third-order valence-corrected chi connectivity index (χ3v) is 8.11. The van der Waals surface area contributed by atoms with E-state index in [-0.39, 0.29) is 43.0 Å². The molecule has 6 nitrogen and oxygen atoms in total. The van der Waals surface area contributed by atoms with Crippen molar-refractivity contribution in [3.8, 4) is 0 Å². The smallest absolute Gasteiger partial charge is 0.353 e. The Bertz CT molecular complexity index is 925. The molecule has 1 aromatic carbocycles. The maximum atomic E-state index is 13.3. The molecule has 1 aliphatic heterocycles. The fraction of sp³-hybridized carbons (Fsp3) is 0.619. The lowest BCUT2D eigenvalue weighted by Gasteiger charge is -2.36. The van der Waals surface area contributed by atoms with Crippen LogP contribution in [0.5, 0.6) is 0 Å². The minimum absolute atomic E-state index is 0.0123. The van der Waals surface area contributed by atoms with E-state index in [4.69, 9.17) is 0 Å². The predicted molar refractivity (Wildman–Crippen MR) is 108 cm³/mol. The lowest BCUT2D eigenvalue weighted by molar-refractivity contribution is -0.189. The Morgan fingerprint density at radius 1 is 1.06 bits per heavy atom. The van der Waals surface area contributed by atoms with E-state index < -0.39 is 40.0 Å². The summed E-state index contributed by atoms with van der Waals surface area (Å²) in [5, 5.41) is 2.59. The lowest BCUT2D eigenvalue weighted by atomic mass is 9.83. The van der Waals surface area contributed by atoms with Crippen LogP contribution in [0.25, 0.3) is 0 Å². The quantitative estimate of drug-likeness (QED) is 0.682. The molecule has 2 aliphatic rings. The Labute approximate surface area is 180 Å². The second kappa shape index (κ2) is 9.28. The highest BCUT2D eigenvalue weighted by Crippen LogP contribution is 2.38. The van der Waals surface area contributed by atoms with Crippen molar-refractivity contribution in [1.29, 1.82) is 0 Å². The van der Waals surface area contributed by atoms with E-state index in [2.05, 4.69) is 5.32 Å². The molecular formula is C21H27F3N2O4S. The van der Waals surface area contributed by atoms with E-state index in [1.54, 1.807) is 0 Å². The highest BCUT2D eigenvalue weighted by atomic mass is 32.2. The van der Waals surface area contributed by atoms with Gasteiger partial charge in [0.05, 0.1) is 10.8 Å². The standard InChI is InChI=1S/C21H27F3N2O4S/c1-14(27)16-5-4-6-17(13-16)31(29,30)26-11-9-15(10-12-26)20(28)25-19-8-3-2-7-18(19)21(22,23)24/h4-6,13,15,18-19H,2-3,7-12H2,1H3,(H,25,28). The van der Waals surface area contributed by atoms with Gasteiger partial charge in [0.2, 0.25) is 15.9 Å². The molecule has 1 saturated heterocycles. The molecule has 2 atom stereocenters. The summed E-state index contributed by atoms with van der Waals surface area (Å²) in [5.74, 6) is -2.73. The van der Waals surface area contributed by atoms with Gasteiger partial charge in [-0.3, -0.25) is 9.59 Å². The van der Waals surface area contributed by atoms with Gasteiger partial charge in [-0.25, -0.2) is 8.42 Å². The van der Waals surface area contributed by atoms with Gasteiger partial charge in [-0.2, -0.15) is 17.5 Å². The molecule has 1 amide bonds. The maximum Gasteiger partial charge on any atom is 0.393 e. The molecule has 172 valence electrons. The van der Waals surface area contributed by atoms with Gasteiger partial charge in [0.1, 0.15) is 0 Å². The van der Waals surface area contributed by atoms with Crippen molar-refractivity contribution in [1.82, 2.24) is 9.62 Å². The Morgan fingerprint density at radius 3 is 2.32 bits per heavy atom. The van der Waals surface area contributed by atoms with E-state index in [1.807, 2.05) is 0 Å². The van der Waals surface area contributed by atoms with Crippen LogP contribution in [0.3, 0.4) is 0 Å². The number of carbonyl (C=O) groups is 2. The summed E-state index contributed by atoms with van der Waals surface area (Å²) < 4.78 is 66.8. The number of halogens is 3. The monoisotopic (exact) mass is 460 g/mol. The molecule has 2 fully saturated rings. The molecule has 1 heterocycles. The van der Waals surface area contributed by atoms with Crippen LogP contribution in [0, 0.1) is 11.8 Å². The number of amides is 1. The molecular weight excluding hydrogens is 433 g/mol. The fourth-order valence-corrected chi connectivity index (χ4v) is 5.90. The van der Waals surface area contributed by atoms with Gasteiger partial charge >= 0.3 is 6.18 Å². The van der Waals surface area contributed by atoms with E-state index in [0.717, 1.165) is 0 Å². The van der Waals surface area contributed by atoms with Crippen molar-refractivity contribution in [3.63, 3.8) is 0 Å². The maximum absolute atomic E-state index is 13.3. The van der Waals surface area contributed by atoms with Crippen molar-refractivity contribution in [3.05, 3.63) is 29.8 Å². The van der Waals surface area contributed by atoms with Crippen LogP contribution >= 0.6 is 0 Å². The van der Waals surface area contributed by atoms with Crippen molar-refractivity contribution < 1.29 is 31.2 Å². The summed E-state index contributed by atoms with van der Waals surface area (Å²) in [6.45, 7) is 1.54. The molecule has 0 bridgehead atoms. The third kappa shape index (κ3) is 5.46. The highest BCUT2D eigenvalue weighted by molar-refractivity contribution is 7.89. The Kier molecular flexibility index (Phi) is 7.10. The summed E-state index contributed by atoms with van der Waals surface area (Å²) in [4.78, 5) is 24.2. The molecule has 1 aliphatic carbocycles. The fourth-order valence-electron chi connectivity index (χ4n) is 4.38. The molecule has 1 saturated carbocycles. The number of benzene rings is 1. The largest absolute Gasteiger partial charge is 0.393 e. The summed E-state index contributed by atoms with van der Waals surface area (Å²) >= 11 is 0. The number of sulfonamides is 1. The van der Waals surface area contributed by atoms with Gasteiger partial charge in [-0.05, 0) is 44.7 Å².